The molecule has 0 fully saturated rings. The largest absolute Gasteiger partial charge is 0.863 e. The van der Waals surface area contributed by atoms with Crippen molar-refractivity contribution < 1.29 is 35.0 Å². The Kier molecular flexibility index (Phi) is 6.46. The number of fused-ring (bicyclic) bond motifs is 1. The lowest BCUT2D eigenvalue weighted by Gasteiger charge is -2.16. The Morgan fingerprint density at radius 1 is 1.03 bits per heavy atom. The summed E-state index contributed by atoms with van der Waals surface area (Å²) < 4.78 is 5.05. The number of methoxy groups -OCH3 is 1. The number of rotatable bonds is 4. The van der Waals surface area contributed by atoms with Crippen molar-refractivity contribution in [3.63, 3.8) is 0 Å². The lowest BCUT2D eigenvalue weighted by molar-refractivity contribution is -0.673. The van der Waals surface area contributed by atoms with Gasteiger partial charge < -0.3 is 20.3 Å². The van der Waals surface area contributed by atoms with Crippen molar-refractivity contribution in [2.75, 3.05) is 13.7 Å². The summed E-state index contributed by atoms with van der Waals surface area (Å²) >= 11 is 0. The number of quaternary nitrogens is 1. The second-order valence-electron chi connectivity index (χ2n) is 5.87. The molecule has 1 aliphatic heterocycles. The van der Waals surface area contributed by atoms with Gasteiger partial charge in [0.1, 0.15) is 6.54 Å². The molecule has 0 aliphatic carbocycles. The molecule has 0 atom stereocenters. The summed E-state index contributed by atoms with van der Waals surface area (Å²) in [5, 5.41) is 54.1. The Bertz CT molecular complexity index is 942. The number of nitro groups is 3. The van der Waals surface area contributed by atoms with Gasteiger partial charge in [-0.2, -0.15) is 0 Å². The van der Waals surface area contributed by atoms with Crippen LogP contribution < -0.4 is 15.2 Å². The molecule has 154 valence electrons. The molecule has 0 radical (unpaired) electrons. The minimum atomic E-state index is -1.46. The molecule has 2 aromatic rings. The van der Waals surface area contributed by atoms with Gasteiger partial charge in [0.25, 0.3) is 17.1 Å². The number of ether oxygens (including phenoxy) is 1. The van der Waals surface area contributed by atoms with Crippen molar-refractivity contribution in [1.29, 1.82) is 0 Å². The first kappa shape index (κ1) is 21.3. The fraction of sp³-hybridized carbons (Fsp3) is 0.250. The first-order chi connectivity index (χ1) is 13.7. The van der Waals surface area contributed by atoms with E-state index in [-0.39, 0.29) is 0 Å². The van der Waals surface area contributed by atoms with E-state index >= 15 is 0 Å². The van der Waals surface area contributed by atoms with Gasteiger partial charge in [-0.1, -0.05) is 6.07 Å². The molecule has 3 rings (SSSR count). The number of hydrogen-bond donors (Lipinski definition) is 2. The summed E-state index contributed by atoms with van der Waals surface area (Å²) in [6.45, 7) is 1.97. The highest BCUT2D eigenvalue weighted by molar-refractivity contribution is 5.64. The summed E-state index contributed by atoms with van der Waals surface area (Å²) in [6, 6.07) is 4.64. The van der Waals surface area contributed by atoms with Crippen LogP contribution in [0, 0.1) is 30.3 Å². The zero-order chi connectivity index (χ0) is 21.7. The average Bonchev–Trinajstić information content (AvgIpc) is 2.68. The highest BCUT2D eigenvalue weighted by Crippen LogP contribution is 2.37. The molecule has 3 N–H and O–H groups in total. The number of phenolic OH excluding ortho intramolecular Hbond substituents is 1. The van der Waals surface area contributed by atoms with Crippen molar-refractivity contribution in [2.45, 2.75) is 13.0 Å². The topological polar surface area (TPSA) is 199 Å². The van der Waals surface area contributed by atoms with Crippen LogP contribution in [0.5, 0.6) is 17.2 Å². The predicted octanol–water partition coefficient (Wildman–Crippen LogP) is 0.505. The lowest BCUT2D eigenvalue weighted by Crippen LogP contribution is -2.84. The average molecular weight is 408 g/mol. The molecule has 1 heterocycles. The van der Waals surface area contributed by atoms with Crippen LogP contribution in [0.1, 0.15) is 11.1 Å². The lowest BCUT2D eigenvalue weighted by atomic mass is 10.00. The quantitative estimate of drug-likeness (QED) is 0.534. The summed E-state index contributed by atoms with van der Waals surface area (Å²) in [7, 11) is 1.58. The number of phenols is 1. The summed E-state index contributed by atoms with van der Waals surface area (Å²) in [6.07, 6.45) is 1.03. The molecule has 1 aliphatic rings. The second-order valence-corrected chi connectivity index (χ2v) is 5.87. The number of benzene rings is 2. The molecule has 0 aromatic heterocycles. The molecule has 0 saturated carbocycles. The Morgan fingerprint density at radius 3 is 2.10 bits per heavy atom. The van der Waals surface area contributed by atoms with Crippen molar-refractivity contribution in [2.24, 2.45) is 0 Å². The Morgan fingerprint density at radius 2 is 1.62 bits per heavy atom. The maximum atomic E-state index is 11.1. The minimum absolute atomic E-state index is 0.316. The van der Waals surface area contributed by atoms with Gasteiger partial charge in [0.15, 0.2) is 11.5 Å². The fourth-order valence-electron chi connectivity index (χ4n) is 2.75. The first-order valence-corrected chi connectivity index (χ1v) is 8.15. The van der Waals surface area contributed by atoms with Crippen molar-refractivity contribution in [3.05, 3.63) is 65.7 Å². The molecule has 0 bridgehead atoms. The third-order valence-electron chi connectivity index (χ3n) is 4.17. The van der Waals surface area contributed by atoms with E-state index in [4.69, 9.17) is 4.74 Å². The van der Waals surface area contributed by atoms with Gasteiger partial charge in [0.05, 0.1) is 51.9 Å². The number of nitrogens with zero attached hydrogens (tertiary/aromatic N) is 3. The third-order valence-corrected chi connectivity index (χ3v) is 4.17. The number of nitrogens with two attached hydrogens (primary N) is 1. The number of aromatic hydroxyl groups is 1. The Hall–Kier alpha value is -4.00. The van der Waals surface area contributed by atoms with Gasteiger partial charge in [-0.25, -0.2) is 0 Å². The normalized spacial score (nSPS) is 12.2. The van der Waals surface area contributed by atoms with Crippen LogP contribution in [0.15, 0.2) is 24.3 Å². The molecule has 0 amide bonds. The van der Waals surface area contributed by atoms with Crippen LogP contribution >= 0.6 is 0 Å². The monoisotopic (exact) mass is 408 g/mol. The van der Waals surface area contributed by atoms with Crippen LogP contribution in [0.25, 0.3) is 0 Å². The van der Waals surface area contributed by atoms with Crippen LogP contribution in [0.3, 0.4) is 0 Å². The van der Waals surface area contributed by atoms with Gasteiger partial charge in [0.2, 0.25) is 0 Å². The molecule has 13 nitrogen and oxygen atoms in total. The molecule has 29 heavy (non-hydrogen) atoms. The zero-order valence-electron chi connectivity index (χ0n) is 15.1. The molecule has 2 aromatic carbocycles. The fourth-order valence-corrected chi connectivity index (χ4v) is 2.75. The van der Waals surface area contributed by atoms with Gasteiger partial charge in [-0.05, 0) is 11.6 Å². The van der Waals surface area contributed by atoms with Crippen molar-refractivity contribution in [1.82, 2.24) is 0 Å². The molecular weight excluding hydrogens is 392 g/mol. The summed E-state index contributed by atoms with van der Waals surface area (Å²) in [5.74, 6) is -0.564. The SMILES string of the molecule is COc1ccc2c(c1O)C[NH2+]CC2.O=[N+]([O-])c1cc([N+](=O)[O-])c([O-])c([N+](=O)[O-])c1. The van der Waals surface area contributed by atoms with Gasteiger partial charge in [-0.3, -0.25) is 30.3 Å². The van der Waals surface area contributed by atoms with Crippen molar-refractivity contribution in [3.8, 4) is 17.2 Å². The highest BCUT2D eigenvalue weighted by atomic mass is 16.6. The standard InChI is InChI=1S/C10H13NO2.C6H3N3O7/c1-13-9-3-2-7-4-5-11-6-8(7)10(9)12;10-6-4(8(13)14)1-3(7(11)12)2-5(6)9(15)16/h2-3,11-12H,4-6H2,1H3;1-2,10H. The Balaban J connectivity index is 0.000000211. The van der Waals surface area contributed by atoms with E-state index in [1.807, 2.05) is 12.1 Å². The predicted molar refractivity (Wildman–Crippen MR) is 94.7 cm³/mol. The van der Waals surface area contributed by atoms with E-state index in [1.165, 1.54) is 5.56 Å². The van der Waals surface area contributed by atoms with Crippen LogP contribution in [-0.2, 0) is 13.0 Å². The number of nitro benzene ring substituents is 3. The van der Waals surface area contributed by atoms with E-state index in [0.29, 0.717) is 23.6 Å². The van der Waals surface area contributed by atoms with Gasteiger partial charge >= 0.3 is 0 Å². The molecule has 0 saturated heterocycles. The Labute approximate surface area is 162 Å². The molecule has 0 unspecified atom stereocenters. The van der Waals surface area contributed by atoms with Crippen LogP contribution in [0.4, 0.5) is 17.1 Å². The van der Waals surface area contributed by atoms with Gasteiger partial charge in [0, 0.05) is 6.42 Å². The third kappa shape index (κ3) is 4.65. The van der Waals surface area contributed by atoms with E-state index in [0.717, 1.165) is 25.1 Å². The zero-order valence-corrected chi connectivity index (χ0v) is 15.1. The second kappa shape index (κ2) is 8.79. The smallest absolute Gasteiger partial charge is 0.283 e. The van der Waals surface area contributed by atoms with E-state index < -0.39 is 37.6 Å². The van der Waals surface area contributed by atoms with Gasteiger partial charge in [-0.15, -0.1) is 0 Å². The highest BCUT2D eigenvalue weighted by Gasteiger charge is 2.24. The van der Waals surface area contributed by atoms with Crippen LogP contribution in [-0.4, -0.2) is 33.5 Å². The molecular formula is C16H16N4O9. The van der Waals surface area contributed by atoms with E-state index in [9.17, 15) is 40.6 Å². The first-order valence-electron chi connectivity index (χ1n) is 8.15. The van der Waals surface area contributed by atoms with E-state index in [2.05, 4.69) is 5.32 Å². The minimum Gasteiger partial charge on any atom is -0.863 e. The van der Waals surface area contributed by atoms with Crippen molar-refractivity contribution >= 4 is 17.1 Å². The summed E-state index contributed by atoms with van der Waals surface area (Å²) in [5.41, 5.74) is -0.980. The molecule has 0 spiro atoms. The van der Waals surface area contributed by atoms with Crippen LogP contribution in [0.2, 0.25) is 0 Å². The number of non-ortho nitro benzene ring substituents is 1. The maximum absolute atomic E-state index is 11.1. The number of hydrogen-bond acceptors (Lipinski definition) is 9. The van der Waals surface area contributed by atoms with E-state index in [1.54, 1.807) is 7.11 Å². The summed E-state index contributed by atoms with van der Waals surface area (Å²) in [4.78, 5) is 27.5. The maximum Gasteiger partial charge on any atom is 0.283 e. The molecule has 13 heteroatoms.